The zero-order chi connectivity index (χ0) is 7.40. The Hall–Kier alpha value is -0.530. The van der Waals surface area contributed by atoms with Crippen LogP contribution in [0.3, 0.4) is 0 Å². The molecule has 0 spiro atoms. The Morgan fingerprint density at radius 1 is 1.60 bits per heavy atom. The molecule has 0 N–H and O–H groups in total. The Morgan fingerprint density at radius 3 is 2.80 bits per heavy atom. The Bertz CT molecular complexity index is 116. The summed E-state index contributed by atoms with van der Waals surface area (Å²) in [7, 11) is 0. The Balaban J connectivity index is 1.97. The van der Waals surface area contributed by atoms with Crippen LogP contribution in [0.2, 0.25) is 0 Å². The zero-order valence-corrected chi connectivity index (χ0v) is 6.43. The van der Waals surface area contributed by atoms with Crippen LogP contribution in [-0.4, -0.2) is 12.1 Å². The normalized spacial score (nSPS) is 16.9. The van der Waals surface area contributed by atoms with Gasteiger partial charge in [0.2, 0.25) is 0 Å². The van der Waals surface area contributed by atoms with Gasteiger partial charge in [-0.15, -0.1) is 0 Å². The van der Waals surface area contributed by atoms with E-state index in [1.165, 1.54) is 0 Å². The first kappa shape index (κ1) is 7.58. The molecule has 1 aliphatic rings. The Labute approximate surface area is 61.6 Å². The first-order chi connectivity index (χ1) is 4.83. The summed E-state index contributed by atoms with van der Waals surface area (Å²) < 4.78 is 5.02. The molecule has 1 rings (SSSR count). The summed E-state index contributed by atoms with van der Waals surface area (Å²) in [5.74, 6) is -0.00986. The number of hydrogen-bond donors (Lipinski definition) is 0. The van der Waals surface area contributed by atoms with Crippen LogP contribution in [0.25, 0.3) is 0 Å². The van der Waals surface area contributed by atoms with Crippen LogP contribution in [0.15, 0.2) is 0 Å². The van der Waals surface area contributed by atoms with Crippen molar-refractivity contribution in [1.82, 2.24) is 0 Å². The van der Waals surface area contributed by atoms with Gasteiger partial charge in [-0.05, 0) is 19.3 Å². The first-order valence-corrected chi connectivity index (χ1v) is 4.02. The van der Waals surface area contributed by atoms with Crippen molar-refractivity contribution in [2.75, 3.05) is 0 Å². The molecule has 1 aliphatic carbocycles. The van der Waals surface area contributed by atoms with Gasteiger partial charge in [-0.3, -0.25) is 4.79 Å². The average Bonchev–Trinajstić information content (AvgIpc) is 2.67. The van der Waals surface area contributed by atoms with Crippen molar-refractivity contribution in [1.29, 1.82) is 0 Å². The molecule has 10 heavy (non-hydrogen) atoms. The molecule has 2 nitrogen and oxygen atoms in total. The van der Waals surface area contributed by atoms with Gasteiger partial charge in [0, 0.05) is 6.42 Å². The summed E-state index contributed by atoms with van der Waals surface area (Å²) in [6.45, 7) is 2.07. The van der Waals surface area contributed by atoms with Crippen molar-refractivity contribution in [2.45, 2.75) is 45.1 Å². The molecule has 0 aromatic rings. The molecule has 0 bridgehead atoms. The predicted molar refractivity (Wildman–Crippen MR) is 38.6 cm³/mol. The Morgan fingerprint density at radius 2 is 2.30 bits per heavy atom. The number of unbranched alkanes of at least 4 members (excludes halogenated alkanes) is 1. The molecule has 0 radical (unpaired) electrons. The molecule has 0 amide bonds. The summed E-state index contributed by atoms with van der Waals surface area (Å²) in [6.07, 6.45) is 5.08. The third kappa shape index (κ3) is 2.85. The molecular formula is C8H14O2. The molecule has 0 atom stereocenters. The van der Waals surface area contributed by atoms with Gasteiger partial charge < -0.3 is 4.74 Å². The topological polar surface area (TPSA) is 26.3 Å². The molecule has 0 unspecified atom stereocenters. The van der Waals surface area contributed by atoms with E-state index in [9.17, 15) is 4.79 Å². The summed E-state index contributed by atoms with van der Waals surface area (Å²) in [4.78, 5) is 10.8. The van der Waals surface area contributed by atoms with E-state index in [1.807, 2.05) is 0 Å². The maximum atomic E-state index is 10.8. The quantitative estimate of drug-likeness (QED) is 0.560. The van der Waals surface area contributed by atoms with Gasteiger partial charge in [0.05, 0.1) is 0 Å². The van der Waals surface area contributed by atoms with Crippen LogP contribution in [0.1, 0.15) is 39.0 Å². The van der Waals surface area contributed by atoms with E-state index in [2.05, 4.69) is 6.92 Å². The molecule has 0 heterocycles. The van der Waals surface area contributed by atoms with Crippen LogP contribution < -0.4 is 0 Å². The van der Waals surface area contributed by atoms with E-state index < -0.39 is 0 Å². The second-order valence-electron chi connectivity index (χ2n) is 2.79. The lowest BCUT2D eigenvalue weighted by Gasteiger charge is -1.99. The second-order valence-corrected chi connectivity index (χ2v) is 2.79. The monoisotopic (exact) mass is 142 g/mol. The smallest absolute Gasteiger partial charge is 0.306 e. The van der Waals surface area contributed by atoms with E-state index in [4.69, 9.17) is 4.74 Å². The lowest BCUT2D eigenvalue weighted by atomic mass is 10.2. The van der Waals surface area contributed by atoms with E-state index in [0.29, 0.717) is 6.42 Å². The van der Waals surface area contributed by atoms with Crippen molar-refractivity contribution >= 4 is 5.97 Å². The summed E-state index contributed by atoms with van der Waals surface area (Å²) in [5.41, 5.74) is 0. The molecule has 2 heteroatoms. The fourth-order valence-corrected chi connectivity index (χ4v) is 0.752. The summed E-state index contributed by atoms with van der Waals surface area (Å²) >= 11 is 0. The number of rotatable bonds is 4. The SMILES string of the molecule is CCCCC(=O)OC1CC1. The highest BCUT2D eigenvalue weighted by molar-refractivity contribution is 5.69. The largest absolute Gasteiger partial charge is 0.462 e. The molecule has 0 saturated heterocycles. The first-order valence-electron chi connectivity index (χ1n) is 4.02. The van der Waals surface area contributed by atoms with Gasteiger partial charge in [-0.25, -0.2) is 0 Å². The summed E-state index contributed by atoms with van der Waals surface area (Å²) in [5, 5.41) is 0. The third-order valence-corrected chi connectivity index (χ3v) is 1.56. The molecule has 0 aromatic carbocycles. The minimum atomic E-state index is -0.00986. The standard InChI is InChI=1S/C8H14O2/c1-2-3-4-8(9)10-7-5-6-7/h7H,2-6H2,1H3. The van der Waals surface area contributed by atoms with Crippen LogP contribution in [0.5, 0.6) is 0 Å². The van der Waals surface area contributed by atoms with E-state index in [0.717, 1.165) is 25.7 Å². The maximum Gasteiger partial charge on any atom is 0.306 e. The molecule has 1 fully saturated rings. The number of carbonyl (C=O) groups excluding carboxylic acids is 1. The predicted octanol–water partition coefficient (Wildman–Crippen LogP) is 1.88. The zero-order valence-electron chi connectivity index (χ0n) is 6.43. The van der Waals surface area contributed by atoms with Crippen LogP contribution >= 0.6 is 0 Å². The maximum absolute atomic E-state index is 10.8. The summed E-state index contributed by atoms with van der Waals surface area (Å²) in [6, 6.07) is 0. The van der Waals surface area contributed by atoms with E-state index in [1.54, 1.807) is 0 Å². The highest BCUT2D eigenvalue weighted by Crippen LogP contribution is 2.23. The van der Waals surface area contributed by atoms with Crippen molar-refractivity contribution in [2.24, 2.45) is 0 Å². The van der Waals surface area contributed by atoms with Gasteiger partial charge in [0.15, 0.2) is 0 Å². The van der Waals surface area contributed by atoms with Crippen molar-refractivity contribution in [3.8, 4) is 0 Å². The number of esters is 1. The fraction of sp³-hybridized carbons (Fsp3) is 0.875. The molecule has 58 valence electrons. The van der Waals surface area contributed by atoms with Gasteiger partial charge in [-0.2, -0.15) is 0 Å². The molecule has 0 aliphatic heterocycles. The van der Waals surface area contributed by atoms with Gasteiger partial charge in [-0.1, -0.05) is 13.3 Å². The van der Waals surface area contributed by atoms with Gasteiger partial charge >= 0.3 is 5.97 Å². The number of hydrogen-bond acceptors (Lipinski definition) is 2. The lowest BCUT2D eigenvalue weighted by molar-refractivity contribution is -0.144. The lowest BCUT2D eigenvalue weighted by Crippen LogP contribution is -2.04. The second kappa shape index (κ2) is 3.59. The van der Waals surface area contributed by atoms with Crippen molar-refractivity contribution < 1.29 is 9.53 Å². The van der Waals surface area contributed by atoms with Crippen molar-refractivity contribution in [3.63, 3.8) is 0 Å². The highest BCUT2D eigenvalue weighted by Gasteiger charge is 2.25. The van der Waals surface area contributed by atoms with E-state index >= 15 is 0 Å². The Kier molecular flexibility index (Phi) is 2.72. The highest BCUT2D eigenvalue weighted by atomic mass is 16.5. The minimum absolute atomic E-state index is 0.00986. The van der Waals surface area contributed by atoms with Crippen LogP contribution in [0, 0.1) is 0 Å². The number of ether oxygens (including phenoxy) is 1. The van der Waals surface area contributed by atoms with E-state index in [-0.39, 0.29) is 12.1 Å². The van der Waals surface area contributed by atoms with Gasteiger partial charge in [0.1, 0.15) is 6.10 Å². The fourth-order valence-electron chi connectivity index (χ4n) is 0.752. The minimum Gasteiger partial charge on any atom is -0.462 e. The molecular weight excluding hydrogens is 128 g/mol. The third-order valence-electron chi connectivity index (χ3n) is 1.56. The molecule has 0 aromatic heterocycles. The van der Waals surface area contributed by atoms with Crippen LogP contribution in [0.4, 0.5) is 0 Å². The van der Waals surface area contributed by atoms with Crippen molar-refractivity contribution in [3.05, 3.63) is 0 Å². The average molecular weight is 142 g/mol. The molecule has 1 saturated carbocycles. The number of carbonyl (C=O) groups is 1. The van der Waals surface area contributed by atoms with Crippen LogP contribution in [-0.2, 0) is 9.53 Å². The van der Waals surface area contributed by atoms with Gasteiger partial charge in [0.25, 0.3) is 0 Å².